The molecule has 7 nitrogen and oxygen atoms in total. The third kappa shape index (κ3) is 5.89. The topological polar surface area (TPSA) is 84.9 Å². The fourth-order valence-electron chi connectivity index (χ4n) is 3.04. The van der Waals surface area contributed by atoms with Crippen molar-refractivity contribution in [2.24, 2.45) is 0 Å². The van der Waals surface area contributed by atoms with E-state index >= 15 is 0 Å². The molecule has 1 aliphatic rings. The van der Waals surface area contributed by atoms with Gasteiger partial charge in [-0.3, -0.25) is 14.5 Å². The first kappa shape index (κ1) is 20.5. The Bertz CT molecular complexity index is 869. The molecule has 0 aliphatic carbocycles. The summed E-state index contributed by atoms with van der Waals surface area (Å²) in [5, 5.41) is 14.3. The van der Waals surface area contributed by atoms with Gasteiger partial charge in [-0.05, 0) is 36.4 Å². The van der Waals surface area contributed by atoms with E-state index in [-0.39, 0.29) is 30.4 Å². The van der Waals surface area contributed by atoms with Gasteiger partial charge in [0.2, 0.25) is 11.8 Å². The third-order valence-corrected chi connectivity index (χ3v) is 4.60. The Hall–Kier alpha value is -3.20. The lowest BCUT2D eigenvalue weighted by molar-refractivity contribution is -0.125. The van der Waals surface area contributed by atoms with Gasteiger partial charge in [-0.2, -0.15) is 0 Å². The van der Waals surface area contributed by atoms with E-state index in [1.54, 1.807) is 12.1 Å². The second-order valence-corrected chi connectivity index (χ2v) is 6.73. The van der Waals surface area contributed by atoms with Gasteiger partial charge in [0.1, 0.15) is 5.75 Å². The second-order valence-electron chi connectivity index (χ2n) is 6.73. The highest BCUT2D eigenvalue weighted by Crippen LogP contribution is 2.19. The number of aromatic hydroxyl groups is 1. The number of hydrogen-bond acceptors (Lipinski definition) is 5. The van der Waals surface area contributed by atoms with Crippen LogP contribution >= 0.6 is 0 Å². The Labute approximate surface area is 166 Å². The second kappa shape index (κ2) is 9.33. The molecule has 0 unspecified atom stereocenters. The lowest BCUT2D eigenvalue weighted by Crippen LogP contribution is -2.50. The van der Waals surface area contributed by atoms with Crippen LogP contribution in [0.2, 0.25) is 0 Å². The minimum absolute atomic E-state index is 0.119. The normalized spacial score (nSPS) is 14.5. The van der Waals surface area contributed by atoms with Gasteiger partial charge >= 0.3 is 0 Å². The van der Waals surface area contributed by atoms with E-state index in [0.29, 0.717) is 13.1 Å². The molecule has 0 saturated carbocycles. The molecule has 1 aliphatic heterocycles. The van der Waals surface area contributed by atoms with Crippen molar-refractivity contribution in [2.75, 3.05) is 49.5 Å². The molecule has 2 aromatic carbocycles. The van der Waals surface area contributed by atoms with Gasteiger partial charge in [-0.25, -0.2) is 8.78 Å². The van der Waals surface area contributed by atoms with Crippen LogP contribution in [-0.4, -0.2) is 61.1 Å². The maximum Gasteiger partial charge on any atom is 0.243 e. The van der Waals surface area contributed by atoms with E-state index in [4.69, 9.17) is 0 Å². The number of phenolic OH excluding ortho intramolecular Hbond substituents is 1. The average molecular weight is 404 g/mol. The molecule has 0 radical (unpaired) electrons. The Balaban J connectivity index is 1.38. The molecule has 0 bridgehead atoms. The minimum Gasteiger partial charge on any atom is -0.508 e. The Kier molecular flexibility index (Phi) is 6.61. The lowest BCUT2D eigenvalue weighted by atomic mass is 10.2. The molecule has 1 saturated heterocycles. The fourth-order valence-corrected chi connectivity index (χ4v) is 3.04. The highest BCUT2D eigenvalue weighted by molar-refractivity contribution is 5.94. The number of anilines is 2. The number of carbonyl (C=O) groups excluding carboxylic acids is 2. The number of amides is 2. The molecule has 0 spiro atoms. The zero-order chi connectivity index (χ0) is 20.8. The summed E-state index contributed by atoms with van der Waals surface area (Å²) >= 11 is 0. The number of nitrogens with one attached hydrogen (secondary N) is 2. The summed E-state index contributed by atoms with van der Waals surface area (Å²) in [7, 11) is 0. The zero-order valence-corrected chi connectivity index (χ0v) is 15.7. The summed E-state index contributed by atoms with van der Waals surface area (Å²) in [6.07, 6.45) is 0. The monoisotopic (exact) mass is 404 g/mol. The molecule has 0 aromatic heterocycles. The number of hydrogen-bond donors (Lipinski definition) is 3. The van der Waals surface area contributed by atoms with Crippen molar-refractivity contribution in [3.05, 3.63) is 54.1 Å². The van der Waals surface area contributed by atoms with Crippen LogP contribution in [-0.2, 0) is 9.59 Å². The standard InChI is InChI=1S/C20H22F2N4O3/c21-17-6-1-14(11-18(17)22)24-19(28)12-23-20(29)13-25-7-9-26(10-8-25)15-2-4-16(27)5-3-15/h1-6,11,27H,7-10,12-13H2,(H,23,29)(H,24,28). The van der Waals surface area contributed by atoms with E-state index in [9.17, 15) is 23.5 Å². The number of phenols is 1. The van der Waals surface area contributed by atoms with Crippen molar-refractivity contribution in [2.45, 2.75) is 0 Å². The first-order valence-corrected chi connectivity index (χ1v) is 9.18. The van der Waals surface area contributed by atoms with Crippen LogP contribution in [0.5, 0.6) is 5.75 Å². The SMILES string of the molecule is O=C(CN1CCN(c2ccc(O)cc2)CC1)NCC(=O)Nc1ccc(F)c(F)c1. The van der Waals surface area contributed by atoms with E-state index in [1.165, 1.54) is 6.07 Å². The van der Waals surface area contributed by atoms with Crippen molar-refractivity contribution in [3.63, 3.8) is 0 Å². The van der Waals surface area contributed by atoms with E-state index in [2.05, 4.69) is 15.5 Å². The van der Waals surface area contributed by atoms with Gasteiger partial charge in [0, 0.05) is 43.6 Å². The van der Waals surface area contributed by atoms with Gasteiger partial charge in [0.05, 0.1) is 13.1 Å². The molecule has 9 heteroatoms. The quantitative estimate of drug-likeness (QED) is 0.680. The van der Waals surface area contributed by atoms with Crippen LogP contribution in [0, 0.1) is 11.6 Å². The van der Waals surface area contributed by atoms with Gasteiger partial charge in [0.25, 0.3) is 0 Å². The molecule has 1 fully saturated rings. The van der Waals surface area contributed by atoms with Gasteiger partial charge in [-0.1, -0.05) is 0 Å². The summed E-state index contributed by atoms with van der Waals surface area (Å²) in [6.45, 7) is 2.78. The van der Waals surface area contributed by atoms with Crippen molar-refractivity contribution in [1.82, 2.24) is 10.2 Å². The highest BCUT2D eigenvalue weighted by Gasteiger charge is 2.19. The molecule has 2 aromatic rings. The molecular weight excluding hydrogens is 382 g/mol. The Morgan fingerprint density at radius 2 is 1.62 bits per heavy atom. The molecule has 3 N–H and O–H groups in total. The van der Waals surface area contributed by atoms with Crippen LogP contribution in [0.15, 0.2) is 42.5 Å². The first-order valence-electron chi connectivity index (χ1n) is 9.18. The van der Waals surface area contributed by atoms with Crippen LogP contribution < -0.4 is 15.5 Å². The Morgan fingerprint density at radius 1 is 0.931 bits per heavy atom. The molecule has 2 amide bonds. The lowest BCUT2D eigenvalue weighted by Gasteiger charge is -2.35. The molecular formula is C20H22F2N4O3. The molecule has 3 rings (SSSR count). The van der Waals surface area contributed by atoms with Gasteiger partial charge in [-0.15, -0.1) is 0 Å². The number of piperazine rings is 1. The van der Waals surface area contributed by atoms with E-state index < -0.39 is 17.5 Å². The number of halogens is 2. The molecule has 154 valence electrons. The summed E-state index contributed by atoms with van der Waals surface area (Å²) in [4.78, 5) is 28.1. The highest BCUT2D eigenvalue weighted by atomic mass is 19.2. The van der Waals surface area contributed by atoms with Crippen LogP contribution in [0.4, 0.5) is 20.2 Å². The predicted molar refractivity (Wildman–Crippen MR) is 105 cm³/mol. The first-order chi connectivity index (χ1) is 13.9. The number of rotatable bonds is 6. The van der Waals surface area contributed by atoms with Crippen LogP contribution in [0.25, 0.3) is 0 Å². The van der Waals surface area contributed by atoms with Crippen molar-refractivity contribution >= 4 is 23.2 Å². The van der Waals surface area contributed by atoms with E-state index in [1.807, 2.05) is 17.0 Å². The largest absolute Gasteiger partial charge is 0.508 e. The van der Waals surface area contributed by atoms with Crippen molar-refractivity contribution in [3.8, 4) is 5.75 Å². The smallest absolute Gasteiger partial charge is 0.243 e. The fraction of sp³-hybridized carbons (Fsp3) is 0.300. The molecule has 1 heterocycles. The summed E-state index contributed by atoms with van der Waals surface area (Å²) in [5.41, 5.74) is 1.13. The molecule has 0 atom stereocenters. The summed E-state index contributed by atoms with van der Waals surface area (Å²) < 4.78 is 26.0. The maximum absolute atomic E-state index is 13.1. The number of carbonyl (C=O) groups is 2. The van der Waals surface area contributed by atoms with Crippen molar-refractivity contribution in [1.29, 1.82) is 0 Å². The average Bonchev–Trinajstić information content (AvgIpc) is 2.70. The minimum atomic E-state index is -1.06. The van der Waals surface area contributed by atoms with Gasteiger partial charge in [0.15, 0.2) is 11.6 Å². The van der Waals surface area contributed by atoms with E-state index in [0.717, 1.165) is 30.9 Å². The summed E-state index contributed by atoms with van der Waals surface area (Å²) in [5.74, 6) is -2.65. The number of benzene rings is 2. The molecule has 29 heavy (non-hydrogen) atoms. The zero-order valence-electron chi connectivity index (χ0n) is 15.7. The van der Waals surface area contributed by atoms with Crippen LogP contribution in [0.1, 0.15) is 0 Å². The number of nitrogens with zero attached hydrogens (tertiary/aromatic N) is 2. The summed E-state index contributed by atoms with van der Waals surface area (Å²) in [6, 6.07) is 10.0. The van der Waals surface area contributed by atoms with Crippen molar-refractivity contribution < 1.29 is 23.5 Å². The third-order valence-electron chi connectivity index (χ3n) is 4.60. The predicted octanol–water partition coefficient (Wildman–Crippen LogP) is 1.55. The van der Waals surface area contributed by atoms with Crippen LogP contribution in [0.3, 0.4) is 0 Å². The maximum atomic E-state index is 13.1. The van der Waals surface area contributed by atoms with Gasteiger partial charge < -0.3 is 20.6 Å². The Morgan fingerprint density at radius 3 is 2.28 bits per heavy atom.